The number of nitrogens with one attached hydrogen (secondary N) is 2. The molecule has 0 saturated carbocycles. The van der Waals surface area contributed by atoms with E-state index in [1.807, 2.05) is 31.3 Å². The van der Waals surface area contributed by atoms with Gasteiger partial charge in [-0.15, -0.1) is 0 Å². The number of para-hydroxylation sites is 2. The van der Waals surface area contributed by atoms with Gasteiger partial charge in [-0.25, -0.2) is 0 Å². The van der Waals surface area contributed by atoms with E-state index in [1.165, 1.54) is 0 Å². The SMILES string of the molecule is CNCC(C(C)C)C1Oc2ccccc2NC1=O. The van der Waals surface area contributed by atoms with Gasteiger partial charge in [0.15, 0.2) is 6.10 Å². The second-order valence-electron chi connectivity index (χ2n) is 4.99. The first-order chi connectivity index (χ1) is 8.63. The lowest BCUT2D eigenvalue weighted by Crippen LogP contribution is -2.47. The maximum Gasteiger partial charge on any atom is 0.265 e. The molecule has 2 rings (SSSR count). The minimum atomic E-state index is -0.424. The third-order valence-corrected chi connectivity index (χ3v) is 3.34. The van der Waals surface area contributed by atoms with Crippen molar-refractivity contribution in [2.24, 2.45) is 11.8 Å². The summed E-state index contributed by atoms with van der Waals surface area (Å²) in [5, 5.41) is 6.04. The smallest absolute Gasteiger partial charge is 0.265 e. The van der Waals surface area contributed by atoms with Gasteiger partial charge in [-0.3, -0.25) is 4.79 Å². The van der Waals surface area contributed by atoms with E-state index in [0.717, 1.165) is 18.0 Å². The predicted octanol–water partition coefficient (Wildman–Crippen LogP) is 1.88. The average Bonchev–Trinajstić information content (AvgIpc) is 2.35. The molecule has 0 radical (unpaired) electrons. The van der Waals surface area contributed by atoms with E-state index in [-0.39, 0.29) is 11.8 Å². The van der Waals surface area contributed by atoms with E-state index in [1.54, 1.807) is 0 Å². The van der Waals surface area contributed by atoms with Crippen LogP contribution >= 0.6 is 0 Å². The van der Waals surface area contributed by atoms with Crippen molar-refractivity contribution in [3.63, 3.8) is 0 Å². The first-order valence-electron chi connectivity index (χ1n) is 6.34. The summed E-state index contributed by atoms with van der Waals surface area (Å²) >= 11 is 0. The fourth-order valence-electron chi connectivity index (χ4n) is 2.28. The Hall–Kier alpha value is -1.55. The molecule has 4 heteroatoms. The monoisotopic (exact) mass is 248 g/mol. The minimum absolute atomic E-state index is 0.0531. The zero-order valence-corrected chi connectivity index (χ0v) is 11.1. The second-order valence-corrected chi connectivity index (χ2v) is 4.99. The van der Waals surface area contributed by atoms with Crippen molar-refractivity contribution in [3.05, 3.63) is 24.3 Å². The molecule has 1 aliphatic heterocycles. The minimum Gasteiger partial charge on any atom is -0.478 e. The van der Waals surface area contributed by atoms with Gasteiger partial charge in [0.05, 0.1) is 5.69 Å². The molecule has 0 spiro atoms. The number of hydrogen-bond acceptors (Lipinski definition) is 3. The molecule has 2 unspecified atom stereocenters. The van der Waals surface area contributed by atoms with Gasteiger partial charge in [-0.05, 0) is 25.1 Å². The standard InChI is InChI=1S/C14H20N2O2/c1-9(2)10(8-15-3)13-14(17)16-11-6-4-5-7-12(11)18-13/h4-7,9-10,13,15H,8H2,1-3H3,(H,16,17). The topological polar surface area (TPSA) is 50.4 Å². The van der Waals surface area contributed by atoms with Gasteiger partial charge in [-0.2, -0.15) is 0 Å². The van der Waals surface area contributed by atoms with Crippen LogP contribution in [-0.4, -0.2) is 25.6 Å². The van der Waals surface area contributed by atoms with Crippen LogP contribution < -0.4 is 15.4 Å². The number of fused-ring (bicyclic) bond motifs is 1. The zero-order valence-electron chi connectivity index (χ0n) is 11.1. The van der Waals surface area contributed by atoms with E-state index >= 15 is 0 Å². The number of ether oxygens (including phenoxy) is 1. The molecule has 2 N–H and O–H groups in total. The third kappa shape index (κ3) is 2.48. The molecule has 0 bridgehead atoms. The average molecular weight is 248 g/mol. The number of anilines is 1. The van der Waals surface area contributed by atoms with E-state index in [9.17, 15) is 4.79 Å². The molecule has 98 valence electrons. The molecule has 1 aliphatic rings. The van der Waals surface area contributed by atoms with Crippen LogP contribution in [0.3, 0.4) is 0 Å². The summed E-state index contributed by atoms with van der Waals surface area (Å²) in [6.07, 6.45) is -0.424. The highest BCUT2D eigenvalue weighted by atomic mass is 16.5. The lowest BCUT2D eigenvalue weighted by Gasteiger charge is -2.33. The molecule has 0 fully saturated rings. The zero-order chi connectivity index (χ0) is 13.1. The van der Waals surface area contributed by atoms with Gasteiger partial charge >= 0.3 is 0 Å². The normalized spacial score (nSPS) is 20.0. The Morgan fingerprint density at radius 1 is 1.39 bits per heavy atom. The molecule has 2 atom stereocenters. The van der Waals surface area contributed by atoms with Crippen molar-refractivity contribution in [1.29, 1.82) is 0 Å². The molecular formula is C14H20N2O2. The second kappa shape index (κ2) is 5.40. The summed E-state index contributed by atoms with van der Waals surface area (Å²) in [7, 11) is 1.89. The highest BCUT2D eigenvalue weighted by molar-refractivity contribution is 5.97. The first-order valence-corrected chi connectivity index (χ1v) is 6.34. The molecule has 18 heavy (non-hydrogen) atoms. The summed E-state index contributed by atoms with van der Waals surface area (Å²) in [6.45, 7) is 4.98. The Labute approximate surface area is 108 Å². The lowest BCUT2D eigenvalue weighted by molar-refractivity contribution is -0.126. The van der Waals surface area contributed by atoms with Gasteiger partial charge in [0.25, 0.3) is 5.91 Å². The van der Waals surface area contributed by atoms with E-state index < -0.39 is 6.10 Å². The van der Waals surface area contributed by atoms with Crippen LogP contribution in [0.5, 0.6) is 5.75 Å². The van der Waals surface area contributed by atoms with Gasteiger partial charge in [0, 0.05) is 12.5 Å². The number of carbonyl (C=O) groups is 1. The molecule has 0 aliphatic carbocycles. The summed E-state index contributed by atoms with van der Waals surface area (Å²) in [6, 6.07) is 7.54. The molecule has 0 aromatic heterocycles. The maximum atomic E-state index is 12.1. The van der Waals surface area contributed by atoms with Crippen molar-refractivity contribution in [2.75, 3.05) is 18.9 Å². The third-order valence-electron chi connectivity index (χ3n) is 3.34. The van der Waals surface area contributed by atoms with Gasteiger partial charge in [-0.1, -0.05) is 26.0 Å². The van der Waals surface area contributed by atoms with Crippen molar-refractivity contribution in [2.45, 2.75) is 20.0 Å². The van der Waals surface area contributed by atoms with Crippen LogP contribution in [0.4, 0.5) is 5.69 Å². The fraction of sp³-hybridized carbons (Fsp3) is 0.500. The van der Waals surface area contributed by atoms with Gasteiger partial charge < -0.3 is 15.4 Å². The van der Waals surface area contributed by atoms with Crippen LogP contribution in [0.2, 0.25) is 0 Å². The summed E-state index contributed by atoms with van der Waals surface area (Å²) in [5.74, 6) is 1.23. The number of benzene rings is 1. The number of carbonyl (C=O) groups excluding carboxylic acids is 1. The molecule has 1 heterocycles. The summed E-state index contributed by atoms with van der Waals surface area (Å²) in [4.78, 5) is 12.1. The van der Waals surface area contributed by atoms with Gasteiger partial charge in [0.1, 0.15) is 5.75 Å². The Kier molecular flexibility index (Phi) is 3.87. The fourth-order valence-corrected chi connectivity index (χ4v) is 2.28. The Morgan fingerprint density at radius 3 is 2.78 bits per heavy atom. The molecule has 4 nitrogen and oxygen atoms in total. The van der Waals surface area contributed by atoms with Crippen molar-refractivity contribution < 1.29 is 9.53 Å². The first kappa shape index (κ1) is 12.9. The highest BCUT2D eigenvalue weighted by Crippen LogP contribution is 2.32. The largest absolute Gasteiger partial charge is 0.478 e. The molecule has 1 amide bonds. The Morgan fingerprint density at radius 2 is 2.11 bits per heavy atom. The lowest BCUT2D eigenvalue weighted by atomic mass is 9.89. The maximum absolute atomic E-state index is 12.1. The Balaban J connectivity index is 2.22. The summed E-state index contributed by atoms with van der Waals surface area (Å²) < 4.78 is 5.87. The van der Waals surface area contributed by atoms with Crippen molar-refractivity contribution in [1.82, 2.24) is 5.32 Å². The molecule has 0 saturated heterocycles. The number of amides is 1. The van der Waals surface area contributed by atoms with Crippen LogP contribution in [0.15, 0.2) is 24.3 Å². The van der Waals surface area contributed by atoms with Crippen LogP contribution in [0.1, 0.15) is 13.8 Å². The van der Waals surface area contributed by atoms with E-state index in [0.29, 0.717) is 5.92 Å². The van der Waals surface area contributed by atoms with Crippen LogP contribution in [-0.2, 0) is 4.79 Å². The van der Waals surface area contributed by atoms with Crippen LogP contribution in [0, 0.1) is 11.8 Å². The Bertz CT molecular complexity index is 432. The quantitative estimate of drug-likeness (QED) is 0.855. The predicted molar refractivity (Wildman–Crippen MR) is 71.7 cm³/mol. The number of hydrogen-bond donors (Lipinski definition) is 2. The number of rotatable bonds is 4. The molecular weight excluding hydrogens is 228 g/mol. The van der Waals surface area contributed by atoms with Gasteiger partial charge in [0.2, 0.25) is 0 Å². The van der Waals surface area contributed by atoms with Crippen molar-refractivity contribution >= 4 is 11.6 Å². The molecule has 1 aromatic rings. The summed E-state index contributed by atoms with van der Waals surface area (Å²) in [5.41, 5.74) is 0.755. The van der Waals surface area contributed by atoms with Crippen molar-refractivity contribution in [3.8, 4) is 5.75 Å². The van der Waals surface area contributed by atoms with E-state index in [4.69, 9.17) is 4.74 Å². The molecule has 1 aromatic carbocycles. The van der Waals surface area contributed by atoms with Crippen LogP contribution in [0.25, 0.3) is 0 Å². The van der Waals surface area contributed by atoms with E-state index in [2.05, 4.69) is 24.5 Å². The highest BCUT2D eigenvalue weighted by Gasteiger charge is 2.35.